The van der Waals surface area contributed by atoms with Crippen molar-refractivity contribution in [2.45, 2.75) is 37.9 Å². The van der Waals surface area contributed by atoms with Crippen molar-refractivity contribution in [3.8, 4) is 0 Å². The first-order valence-corrected chi connectivity index (χ1v) is 12.0. The molecule has 0 aliphatic carbocycles. The summed E-state index contributed by atoms with van der Waals surface area (Å²) in [6, 6.07) is 11.5. The third kappa shape index (κ3) is 4.92. The number of sulfonamides is 1. The van der Waals surface area contributed by atoms with Gasteiger partial charge in [0.2, 0.25) is 0 Å². The summed E-state index contributed by atoms with van der Waals surface area (Å²) in [5.41, 5.74) is 3.10. The van der Waals surface area contributed by atoms with E-state index in [9.17, 15) is 13.2 Å². The lowest BCUT2D eigenvalue weighted by atomic mass is 9.95. The number of likely N-dealkylation sites (tertiary alicyclic amines) is 1. The Bertz CT molecular complexity index is 1040. The maximum absolute atomic E-state index is 12.8. The van der Waals surface area contributed by atoms with Crippen molar-refractivity contribution < 1.29 is 22.7 Å². The lowest BCUT2D eigenvalue weighted by Gasteiger charge is -2.33. The molecule has 2 saturated heterocycles. The molecule has 7 nitrogen and oxygen atoms in total. The van der Waals surface area contributed by atoms with E-state index in [-0.39, 0.29) is 17.1 Å². The van der Waals surface area contributed by atoms with Crippen LogP contribution in [0.15, 0.2) is 47.4 Å². The summed E-state index contributed by atoms with van der Waals surface area (Å²) in [7, 11) is -3.73. The van der Waals surface area contributed by atoms with Crippen molar-refractivity contribution in [3.05, 3.63) is 59.2 Å². The zero-order chi connectivity index (χ0) is 22.0. The van der Waals surface area contributed by atoms with Gasteiger partial charge in [-0.25, -0.2) is 8.42 Å². The Hall–Kier alpha value is -2.42. The molecule has 0 saturated carbocycles. The molecule has 2 heterocycles. The molecule has 1 N–H and O–H groups in total. The molecule has 2 aromatic rings. The quantitative estimate of drug-likeness (QED) is 0.765. The number of piperidine rings is 1. The number of benzene rings is 2. The molecule has 166 valence electrons. The van der Waals surface area contributed by atoms with Gasteiger partial charge in [-0.05, 0) is 74.2 Å². The Morgan fingerprint density at radius 2 is 1.61 bits per heavy atom. The highest BCUT2D eigenvalue weighted by Gasteiger charge is 2.32. The van der Waals surface area contributed by atoms with Gasteiger partial charge < -0.3 is 14.4 Å². The van der Waals surface area contributed by atoms with Gasteiger partial charge in [0.15, 0.2) is 6.29 Å². The minimum atomic E-state index is -3.73. The number of aryl methyl sites for hydroxylation is 2. The molecule has 2 aliphatic heterocycles. The summed E-state index contributed by atoms with van der Waals surface area (Å²) in [6.45, 7) is 6.46. The zero-order valence-corrected chi connectivity index (χ0v) is 18.7. The standard InChI is InChI=1S/C23H28N2O5S/c1-16-3-6-20(15-17(16)2)24-31(27,28)21-7-4-18(5-8-21)22(26)25-11-9-19(10-12-25)23-29-13-14-30-23/h3-8,15,19,23-24H,9-14H2,1-2H3. The van der Waals surface area contributed by atoms with Gasteiger partial charge in [0, 0.05) is 30.3 Å². The van der Waals surface area contributed by atoms with Crippen LogP contribution in [0.3, 0.4) is 0 Å². The van der Waals surface area contributed by atoms with E-state index in [4.69, 9.17) is 9.47 Å². The second-order valence-corrected chi connectivity index (χ2v) is 9.85. The second kappa shape index (κ2) is 8.98. The molecule has 2 fully saturated rings. The first-order valence-electron chi connectivity index (χ1n) is 10.6. The van der Waals surface area contributed by atoms with E-state index in [0.717, 1.165) is 24.0 Å². The molecule has 0 aromatic heterocycles. The summed E-state index contributed by atoms with van der Waals surface area (Å²) < 4.78 is 39.2. The lowest BCUT2D eigenvalue weighted by molar-refractivity contribution is -0.0956. The number of hydrogen-bond donors (Lipinski definition) is 1. The van der Waals surface area contributed by atoms with E-state index in [1.54, 1.807) is 24.3 Å². The van der Waals surface area contributed by atoms with Gasteiger partial charge in [-0.3, -0.25) is 9.52 Å². The summed E-state index contributed by atoms with van der Waals surface area (Å²) in [4.78, 5) is 14.8. The lowest BCUT2D eigenvalue weighted by Crippen LogP contribution is -2.41. The number of nitrogens with zero attached hydrogens (tertiary/aromatic N) is 1. The minimum Gasteiger partial charge on any atom is -0.350 e. The Kier molecular flexibility index (Phi) is 6.31. The number of carbonyl (C=O) groups excluding carboxylic acids is 1. The molecule has 0 bridgehead atoms. The van der Waals surface area contributed by atoms with E-state index in [1.807, 2.05) is 24.8 Å². The number of amides is 1. The molecule has 0 spiro atoms. The number of ether oxygens (including phenoxy) is 2. The maximum Gasteiger partial charge on any atom is 0.261 e. The Morgan fingerprint density at radius 1 is 0.968 bits per heavy atom. The maximum atomic E-state index is 12.8. The van der Waals surface area contributed by atoms with Gasteiger partial charge in [-0.15, -0.1) is 0 Å². The molecule has 4 rings (SSSR count). The zero-order valence-electron chi connectivity index (χ0n) is 17.8. The largest absolute Gasteiger partial charge is 0.350 e. The highest BCUT2D eigenvalue weighted by molar-refractivity contribution is 7.92. The molecule has 0 atom stereocenters. The van der Waals surface area contributed by atoms with E-state index < -0.39 is 10.0 Å². The van der Waals surface area contributed by atoms with Crippen molar-refractivity contribution in [2.24, 2.45) is 5.92 Å². The molecule has 2 aromatic carbocycles. The predicted octanol–water partition coefficient (Wildman–Crippen LogP) is 3.33. The van der Waals surface area contributed by atoms with Gasteiger partial charge in [0.05, 0.1) is 18.1 Å². The van der Waals surface area contributed by atoms with Crippen molar-refractivity contribution in [2.75, 3.05) is 31.0 Å². The Morgan fingerprint density at radius 3 is 2.23 bits per heavy atom. The molecular weight excluding hydrogens is 416 g/mol. The summed E-state index contributed by atoms with van der Waals surface area (Å²) in [5.74, 6) is 0.230. The number of carbonyl (C=O) groups is 1. The van der Waals surface area contributed by atoms with Crippen LogP contribution in [0.25, 0.3) is 0 Å². The Labute approximate surface area is 183 Å². The predicted molar refractivity (Wildman–Crippen MR) is 117 cm³/mol. The molecule has 0 radical (unpaired) electrons. The van der Waals surface area contributed by atoms with Crippen LogP contribution in [0.4, 0.5) is 5.69 Å². The molecule has 1 amide bonds. The van der Waals surface area contributed by atoms with Crippen molar-refractivity contribution in [1.29, 1.82) is 0 Å². The highest BCUT2D eigenvalue weighted by atomic mass is 32.2. The molecule has 0 unspecified atom stereocenters. The average molecular weight is 445 g/mol. The van der Waals surface area contributed by atoms with Crippen LogP contribution < -0.4 is 4.72 Å². The normalized spacial score (nSPS) is 18.3. The van der Waals surface area contributed by atoms with Gasteiger partial charge in [-0.1, -0.05) is 6.07 Å². The topological polar surface area (TPSA) is 84.9 Å². The fourth-order valence-electron chi connectivity index (χ4n) is 4.00. The fraction of sp³-hybridized carbons (Fsp3) is 0.435. The molecule has 31 heavy (non-hydrogen) atoms. The molecule has 2 aliphatic rings. The van der Waals surface area contributed by atoms with E-state index >= 15 is 0 Å². The minimum absolute atomic E-state index is 0.0854. The monoisotopic (exact) mass is 444 g/mol. The number of hydrogen-bond acceptors (Lipinski definition) is 5. The second-order valence-electron chi connectivity index (χ2n) is 8.17. The summed E-state index contributed by atoms with van der Waals surface area (Å²) in [5, 5.41) is 0. The van der Waals surface area contributed by atoms with Crippen molar-refractivity contribution in [3.63, 3.8) is 0 Å². The number of anilines is 1. The fourth-order valence-corrected chi connectivity index (χ4v) is 5.05. The molecular formula is C23H28N2O5S. The van der Waals surface area contributed by atoms with E-state index in [2.05, 4.69) is 4.72 Å². The Balaban J connectivity index is 1.39. The van der Waals surface area contributed by atoms with Crippen LogP contribution in [0.1, 0.15) is 34.3 Å². The van der Waals surface area contributed by atoms with Crippen LogP contribution >= 0.6 is 0 Å². The van der Waals surface area contributed by atoms with Gasteiger partial charge in [-0.2, -0.15) is 0 Å². The first-order chi connectivity index (χ1) is 14.8. The third-order valence-corrected chi connectivity index (χ3v) is 7.43. The average Bonchev–Trinajstić information content (AvgIpc) is 3.31. The summed E-state index contributed by atoms with van der Waals surface area (Å²) >= 11 is 0. The van der Waals surface area contributed by atoms with Crippen LogP contribution in [-0.2, 0) is 19.5 Å². The number of rotatable bonds is 5. The van der Waals surface area contributed by atoms with Crippen molar-refractivity contribution >= 4 is 21.6 Å². The molecule has 8 heteroatoms. The van der Waals surface area contributed by atoms with E-state index in [0.29, 0.717) is 43.5 Å². The van der Waals surface area contributed by atoms with Crippen LogP contribution in [0, 0.1) is 19.8 Å². The van der Waals surface area contributed by atoms with Crippen LogP contribution in [-0.4, -0.2) is 51.8 Å². The third-order valence-electron chi connectivity index (χ3n) is 6.03. The SMILES string of the molecule is Cc1ccc(NS(=O)(=O)c2ccc(C(=O)N3CCC(C4OCCO4)CC3)cc2)cc1C. The van der Waals surface area contributed by atoms with Crippen LogP contribution in [0.5, 0.6) is 0 Å². The number of nitrogens with one attached hydrogen (secondary N) is 1. The van der Waals surface area contributed by atoms with E-state index in [1.165, 1.54) is 12.1 Å². The van der Waals surface area contributed by atoms with Gasteiger partial charge >= 0.3 is 0 Å². The first kappa shape index (κ1) is 21.8. The van der Waals surface area contributed by atoms with Crippen LogP contribution in [0.2, 0.25) is 0 Å². The highest BCUT2D eigenvalue weighted by Crippen LogP contribution is 2.27. The summed E-state index contributed by atoms with van der Waals surface area (Å²) in [6.07, 6.45) is 1.53. The van der Waals surface area contributed by atoms with Crippen molar-refractivity contribution in [1.82, 2.24) is 4.90 Å². The van der Waals surface area contributed by atoms with Gasteiger partial charge in [0.1, 0.15) is 0 Å². The van der Waals surface area contributed by atoms with Gasteiger partial charge in [0.25, 0.3) is 15.9 Å². The smallest absolute Gasteiger partial charge is 0.261 e.